The molecule has 2 spiro atoms. The molecule has 9 aliphatic rings. The molecule has 0 radical (unpaired) electrons. The topological polar surface area (TPSA) is 92.3 Å². The lowest BCUT2D eigenvalue weighted by Crippen LogP contribution is -2.28. The highest BCUT2D eigenvalue weighted by atomic mass is 16.6. The van der Waals surface area contributed by atoms with Crippen molar-refractivity contribution in [3.63, 3.8) is 0 Å². The Balaban J connectivity index is 0.730. The summed E-state index contributed by atoms with van der Waals surface area (Å²) in [5.74, 6) is 3.13. The highest BCUT2D eigenvalue weighted by molar-refractivity contribution is 5.87. The molecule has 10 heteroatoms. The zero-order valence-electron chi connectivity index (χ0n) is 42.9. The molecule has 7 aliphatic heterocycles. The fourth-order valence-electron chi connectivity index (χ4n) is 11.2. The van der Waals surface area contributed by atoms with Gasteiger partial charge < -0.3 is 47.4 Å². The number of fused-ring (bicyclic) bond motifs is 6. The molecule has 0 amide bonds. The molecule has 8 aromatic carbocycles. The van der Waals surface area contributed by atoms with E-state index in [4.69, 9.17) is 47.4 Å². The molecule has 388 valence electrons. The van der Waals surface area contributed by atoms with Crippen LogP contribution >= 0.6 is 0 Å². The summed E-state index contributed by atoms with van der Waals surface area (Å²) in [5.41, 5.74) is 13.4. The Morgan fingerprint density at radius 1 is 0.197 bits per heavy atom. The summed E-state index contributed by atoms with van der Waals surface area (Å²) in [5, 5.41) is 0. The van der Waals surface area contributed by atoms with Gasteiger partial charge in [0.1, 0.15) is 49.4 Å². The maximum absolute atomic E-state index is 6.16. The number of ether oxygens (including phenoxy) is 10. The van der Waals surface area contributed by atoms with Gasteiger partial charge in [-0.1, -0.05) is 146 Å². The first kappa shape index (κ1) is 50.9. The molecule has 0 unspecified atom stereocenters. The highest BCUT2D eigenvalue weighted by Crippen LogP contribution is 2.58. The van der Waals surface area contributed by atoms with Gasteiger partial charge in [0.25, 0.3) is 0 Å². The molecule has 76 heavy (non-hydrogen) atoms. The molecule has 17 rings (SSSR count). The van der Waals surface area contributed by atoms with Gasteiger partial charge in [-0.15, -0.1) is 0 Å². The molecule has 10 nitrogen and oxygen atoms in total. The fraction of sp³-hybridized carbons (Fsp3) is 0.273. The number of hydrogen-bond donors (Lipinski definition) is 0. The molecular weight excluding hydrogens is 953 g/mol. The zero-order chi connectivity index (χ0) is 51.2. The van der Waals surface area contributed by atoms with Gasteiger partial charge in [0.15, 0.2) is 0 Å². The Morgan fingerprint density at radius 2 is 0.382 bits per heavy atom. The minimum Gasteiger partial charge on any atom is -0.491 e. The van der Waals surface area contributed by atoms with Gasteiger partial charge in [0.2, 0.25) is 0 Å². The molecule has 2 aliphatic carbocycles. The van der Waals surface area contributed by atoms with Crippen LogP contribution in [0.2, 0.25) is 0 Å². The maximum Gasteiger partial charge on any atom is 0.119 e. The van der Waals surface area contributed by atoms with Crippen molar-refractivity contribution in [3.05, 3.63) is 239 Å². The van der Waals surface area contributed by atoms with Crippen LogP contribution < -0.4 is 18.9 Å². The Bertz CT molecular complexity index is 2700. The normalized spacial score (nSPS) is 17.5. The first-order valence-electron chi connectivity index (χ1n) is 26.5. The Morgan fingerprint density at radius 3 is 0.592 bits per heavy atom. The number of benzene rings is 8. The smallest absolute Gasteiger partial charge is 0.119 e. The van der Waals surface area contributed by atoms with E-state index < -0.39 is 10.8 Å². The Labute approximate surface area is 446 Å². The summed E-state index contributed by atoms with van der Waals surface area (Å²) in [6, 6.07) is 68.8. The standard InChI is InChI=1S/C66H64O10/c1-5-13-61-57(9-1)58-10-2-6-14-62(58)65(61)49-17-25-53(26-18-49)73-45-41-69-37-33-67-35-39-71-43-47-75-55-29-21-51(22-30-55)66(63-15-7-3-11-59(63)60-12-4-8-16-64(60)66)52-23-31-56(32-24-52)76-48-44-72-40-36-68-34-38-70-42-46-74-54-27-19-50(65)20-28-54/h1-32H,33-48H2. The minimum absolute atomic E-state index is 0.421. The lowest BCUT2D eigenvalue weighted by atomic mass is 9.68. The summed E-state index contributed by atoms with van der Waals surface area (Å²) in [7, 11) is 0. The molecule has 0 saturated carbocycles. The highest BCUT2D eigenvalue weighted by Gasteiger charge is 2.47. The van der Waals surface area contributed by atoms with Gasteiger partial charge in [-0.2, -0.15) is 0 Å². The van der Waals surface area contributed by atoms with Crippen LogP contribution in [-0.4, -0.2) is 106 Å². The van der Waals surface area contributed by atoms with Gasteiger partial charge in [-0.05, 0) is 115 Å². The monoisotopic (exact) mass is 1020 g/mol. The van der Waals surface area contributed by atoms with Gasteiger partial charge in [0, 0.05) is 0 Å². The van der Waals surface area contributed by atoms with Crippen LogP contribution in [0.4, 0.5) is 0 Å². The molecular formula is C66H64O10. The van der Waals surface area contributed by atoms with Crippen molar-refractivity contribution in [2.75, 3.05) is 106 Å². The van der Waals surface area contributed by atoms with E-state index in [-0.39, 0.29) is 0 Å². The van der Waals surface area contributed by atoms with E-state index in [1.807, 2.05) is 0 Å². The average Bonchev–Trinajstić information content (AvgIpc) is 3.99. The van der Waals surface area contributed by atoms with Crippen LogP contribution in [-0.2, 0) is 39.3 Å². The first-order chi connectivity index (χ1) is 37.7. The largest absolute Gasteiger partial charge is 0.491 e. The lowest BCUT2D eigenvalue weighted by molar-refractivity contribution is 0.00498. The van der Waals surface area contributed by atoms with Gasteiger partial charge in [-0.3, -0.25) is 0 Å². The molecule has 8 aromatic rings. The van der Waals surface area contributed by atoms with Crippen molar-refractivity contribution in [2.45, 2.75) is 10.8 Å². The quantitative estimate of drug-likeness (QED) is 0.146. The minimum atomic E-state index is -0.540. The van der Waals surface area contributed by atoms with Gasteiger partial charge >= 0.3 is 0 Å². The van der Waals surface area contributed by atoms with Crippen molar-refractivity contribution in [2.24, 2.45) is 0 Å². The summed E-state index contributed by atoms with van der Waals surface area (Å²) in [6.07, 6.45) is 0. The van der Waals surface area contributed by atoms with E-state index in [0.29, 0.717) is 106 Å². The molecule has 0 fully saturated rings. The van der Waals surface area contributed by atoms with Crippen molar-refractivity contribution >= 4 is 0 Å². The lowest BCUT2D eigenvalue weighted by Gasteiger charge is -2.34. The van der Waals surface area contributed by atoms with E-state index in [2.05, 4.69) is 194 Å². The van der Waals surface area contributed by atoms with Crippen LogP contribution in [0.5, 0.6) is 23.0 Å². The molecule has 0 atom stereocenters. The second kappa shape index (κ2) is 24.6. The van der Waals surface area contributed by atoms with E-state index in [9.17, 15) is 0 Å². The molecule has 0 aromatic heterocycles. The van der Waals surface area contributed by atoms with E-state index in [1.165, 1.54) is 44.5 Å². The predicted octanol–water partition coefficient (Wildman–Crippen LogP) is 11.7. The molecule has 0 saturated heterocycles. The predicted molar refractivity (Wildman–Crippen MR) is 294 cm³/mol. The third kappa shape index (κ3) is 10.6. The van der Waals surface area contributed by atoms with Crippen molar-refractivity contribution in [3.8, 4) is 45.3 Å². The average molecular weight is 1020 g/mol. The molecule has 8 bridgehead atoms. The third-order valence-corrected chi connectivity index (χ3v) is 14.5. The fourth-order valence-corrected chi connectivity index (χ4v) is 11.2. The van der Waals surface area contributed by atoms with Crippen LogP contribution in [0.3, 0.4) is 0 Å². The maximum atomic E-state index is 6.16. The second-order valence-corrected chi connectivity index (χ2v) is 18.8. The van der Waals surface area contributed by atoms with Crippen molar-refractivity contribution in [1.82, 2.24) is 0 Å². The second-order valence-electron chi connectivity index (χ2n) is 18.8. The van der Waals surface area contributed by atoms with E-state index >= 15 is 0 Å². The zero-order valence-corrected chi connectivity index (χ0v) is 42.9. The molecule has 0 N–H and O–H groups in total. The van der Waals surface area contributed by atoms with Gasteiger partial charge in [0.05, 0.1) is 90.1 Å². The van der Waals surface area contributed by atoms with Crippen LogP contribution in [0.15, 0.2) is 194 Å². The van der Waals surface area contributed by atoms with Crippen LogP contribution in [0.1, 0.15) is 44.5 Å². The summed E-state index contributed by atoms with van der Waals surface area (Å²) >= 11 is 0. The number of rotatable bonds is 0. The van der Waals surface area contributed by atoms with Gasteiger partial charge in [-0.25, -0.2) is 0 Å². The first-order valence-corrected chi connectivity index (χ1v) is 26.5. The molecule has 7 heterocycles. The van der Waals surface area contributed by atoms with Crippen molar-refractivity contribution in [1.29, 1.82) is 0 Å². The SMILES string of the molecule is c1ccc2c(c1)-c1ccccc1C21c2ccc(cc2)OCCOCCOCCOCCOc2ccc(cc2)C2(c3ccc(cc3)OCCOCCOCCOCCOc3ccc1cc3)c1ccccc1-c1ccccc12. The van der Waals surface area contributed by atoms with E-state index in [1.54, 1.807) is 0 Å². The summed E-state index contributed by atoms with van der Waals surface area (Å²) in [4.78, 5) is 0. The van der Waals surface area contributed by atoms with Crippen molar-refractivity contribution < 1.29 is 47.4 Å². The Kier molecular flexibility index (Phi) is 16.5. The summed E-state index contributed by atoms with van der Waals surface area (Å²) < 4.78 is 59.6. The third-order valence-electron chi connectivity index (χ3n) is 14.5. The number of hydrogen-bond acceptors (Lipinski definition) is 10. The van der Waals surface area contributed by atoms with E-state index in [0.717, 1.165) is 45.3 Å². The van der Waals surface area contributed by atoms with Crippen LogP contribution in [0, 0.1) is 0 Å². The summed E-state index contributed by atoms with van der Waals surface area (Å²) in [6.45, 7) is 7.17. The van der Waals surface area contributed by atoms with Crippen LogP contribution in [0.25, 0.3) is 22.3 Å². The Hall–Kier alpha value is -7.28.